The predicted molar refractivity (Wildman–Crippen MR) is 73.4 cm³/mol. The normalized spacial score (nSPS) is 10.3. The number of rotatable bonds is 8. The van der Waals surface area contributed by atoms with Crippen LogP contribution in [0.15, 0.2) is 24.3 Å². The average Bonchev–Trinajstić information content (AvgIpc) is 2.38. The molecule has 0 heterocycles. The molecule has 2 N–H and O–H groups in total. The zero-order valence-electron chi connectivity index (χ0n) is 11.2. The lowest BCUT2D eigenvalue weighted by atomic mass is 10.0. The summed E-state index contributed by atoms with van der Waals surface area (Å²) >= 11 is 0. The molecule has 100 valence electrons. The van der Waals surface area contributed by atoms with E-state index in [4.69, 9.17) is 10.5 Å². The molecule has 0 spiro atoms. The topological polar surface area (TPSA) is 52.3 Å². The fourth-order valence-electron chi connectivity index (χ4n) is 1.85. The summed E-state index contributed by atoms with van der Waals surface area (Å²) in [5.41, 5.74) is 8.08. The second-order valence-corrected chi connectivity index (χ2v) is 4.37. The predicted octanol–water partition coefficient (Wildman–Crippen LogP) is 2.46. The molecule has 1 rings (SSSR count). The van der Waals surface area contributed by atoms with Crippen molar-refractivity contribution in [1.29, 1.82) is 0 Å². The highest BCUT2D eigenvalue weighted by Crippen LogP contribution is 2.09. The highest BCUT2D eigenvalue weighted by atomic mass is 16.5. The van der Waals surface area contributed by atoms with Gasteiger partial charge in [0, 0.05) is 6.42 Å². The van der Waals surface area contributed by atoms with Crippen molar-refractivity contribution >= 4 is 5.97 Å². The van der Waals surface area contributed by atoms with Gasteiger partial charge >= 0.3 is 5.97 Å². The number of hydrogen-bond acceptors (Lipinski definition) is 3. The first-order valence-corrected chi connectivity index (χ1v) is 6.69. The summed E-state index contributed by atoms with van der Waals surface area (Å²) < 4.78 is 4.89. The lowest BCUT2D eigenvalue weighted by molar-refractivity contribution is -0.143. The lowest BCUT2D eigenvalue weighted by Crippen LogP contribution is -2.04. The van der Waals surface area contributed by atoms with Crippen molar-refractivity contribution in [2.75, 3.05) is 13.2 Å². The minimum absolute atomic E-state index is 0.0999. The maximum atomic E-state index is 11.2. The highest BCUT2D eigenvalue weighted by molar-refractivity contribution is 5.69. The van der Waals surface area contributed by atoms with E-state index in [0.717, 1.165) is 32.2 Å². The van der Waals surface area contributed by atoms with E-state index in [1.165, 1.54) is 11.1 Å². The van der Waals surface area contributed by atoms with Crippen LogP contribution >= 0.6 is 0 Å². The first-order chi connectivity index (χ1) is 8.76. The Bertz CT molecular complexity index is 346. The maximum Gasteiger partial charge on any atom is 0.305 e. The van der Waals surface area contributed by atoms with Crippen LogP contribution in [0.3, 0.4) is 0 Å². The van der Waals surface area contributed by atoms with Crippen LogP contribution in [0, 0.1) is 0 Å². The third-order valence-electron chi connectivity index (χ3n) is 2.84. The van der Waals surface area contributed by atoms with E-state index in [1.54, 1.807) is 0 Å². The zero-order valence-corrected chi connectivity index (χ0v) is 11.2. The van der Waals surface area contributed by atoms with Crippen LogP contribution in [0.5, 0.6) is 0 Å². The minimum atomic E-state index is -0.0999. The van der Waals surface area contributed by atoms with Crippen LogP contribution in [0.2, 0.25) is 0 Å². The van der Waals surface area contributed by atoms with Crippen molar-refractivity contribution in [2.45, 2.75) is 39.0 Å². The Morgan fingerprint density at radius 2 is 1.67 bits per heavy atom. The minimum Gasteiger partial charge on any atom is -0.466 e. The van der Waals surface area contributed by atoms with Crippen molar-refractivity contribution in [3.63, 3.8) is 0 Å². The lowest BCUT2D eigenvalue weighted by Gasteiger charge is -2.04. The van der Waals surface area contributed by atoms with Gasteiger partial charge in [0.2, 0.25) is 0 Å². The van der Waals surface area contributed by atoms with Gasteiger partial charge in [-0.25, -0.2) is 0 Å². The number of carbonyl (C=O) groups is 1. The van der Waals surface area contributed by atoms with Gasteiger partial charge in [0.15, 0.2) is 0 Å². The van der Waals surface area contributed by atoms with Gasteiger partial charge in [-0.1, -0.05) is 24.3 Å². The molecule has 0 bridgehead atoms. The molecule has 3 heteroatoms. The van der Waals surface area contributed by atoms with E-state index in [2.05, 4.69) is 24.3 Å². The van der Waals surface area contributed by atoms with Crippen LogP contribution in [0.25, 0.3) is 0 Å². The number of hydrogen-bond donors (Lipinski definition) is 1. The van der Waals surface area contributed by atoms with E-state index >= 15 is 0 Å². The summed E-state index contributed by atoms with van der Waals surface area (Å²) in [7, 11) is 0. The van der Waals surface area contributed by atoms with Gasteiger partial charge in [-0.15, -0.1) is 0 Å². The second-order valence-electron chi connectivity index (χ2n) is 4.37. The van der Waals surface area contributed by atoms with Gasteiger partial charge in [0.1, 0.15) is 0 Å². The Hall–Kier alpha value is -1.35. The van der Waals surface area contributed by atoms with E-state index in [0.29, 0.717) is 13.0 Å². The standard InChI is InChI=1S/C15H23NO2/c1-2-18-15(17)7-3-5-13-8-10-14(11-9-13)6-4-12-16/h8-11H,2-7,12,16H2,1H3. The molecule has 0 fully saturated rings. The summed E-state index contributed by atoms with van der Waals surface area (Å²) in [6.07, 6.45) is 4.35. The number of aryl methyl sites for hydroxylation is 2. The van der Waals surface area contributed by atoms with Gasteiger partial charge < -0.3 is 10.5 Å². The van der Waals surface area contributed by atoms with E-state index in [-0.39, 0.29) is 5.97 Å². The fraction of sp³-hybridized carbons (Fsp3) is 0.533. The second kappa shape index (κ2) is 8.70. The van der Waals surface area contributed by atoms with Gasteiger partial charge in [-0.3, -0.25) is 4.79 Å². The number of benzene rings is 1. The Morgan fingerprint density at radius 3 is 2.17 bits per heavy atom. The Labute approximate surface area is 109 Å². The molecule has 0 aromatic heterocycles. The van der Waals surface area contributed by atoms with Gasteiger partial charge in [-0.2, -0.15) is 0 Å². The van der Waals surface area contributed by atoms with Crippen LogP contribution in [-0.4, -0.2) is 19.1 Å². The van der Waals surface area contributed by atoms with Crippen LogP contribution in [0.1, 0.15) is 37.3 Å². The Morgan fingerprint density at radius 1 is 1.11 bits per heavy atom. The van der Waals surface area contributed by atoms with E-state index in [1.807, 2.05) is 6.92 Å². The Balaban J connectivity index is 2.28. The van der Waals surface area contributed by atoms with Crippen molar-refractivity contribution in [3.05, 3.63) is 35.4 Å². The third kappa shape index (κ3) is 5.82. The monoisotopic (exact) mass is 249 g/mol. The number of nitrogens with two attached hydrogens (primary N) is 1. The molecular formula is C15H23NO2. The molecule has 0 aliphatic rings. The molecule has 18 heavy (non-hydrogen) atoms. The number of carbonyl (C=O) groups excluding carboxylic acids is 1. The fourth-order valence-corrected chi connectivity index (χ4v) is 1.85. The molecule has 3 nitrogen and oxygen atoms in total. The summed E-state index contributed by atoms with van der Waals surface area (Å²) in [5.74, 6) is -0.0999. The van der Waals surface area contributed by atoms with Crippen LogP contribution in [-0.2, 0) is 22.4 Å². The summed E-state index contributed by atoms with van der Waals surface area (Å²) in [6, 6.07) is 8.57. The van der Waals surface area contributed by atoms with Gasteiger partial charge in [0.25, 0.3) is 0 Å². The van der Waals surface area contributed by atoms with Gasteiger partial charge in [0.05, 0.1) is 6.61 Å². The highest BCUT2D eigenvalue weighted by Gasteiger charge is 2.01. The third-order valence-corrected chi connectivity index (χ3v) is 2.84. The van der Waals surface area contributed by atoms with E-state index in [9.17, 15) is 4.79 Å². The maximum absolute atomic E-state index is 11.2. The van der Waals surface area contributed by atoms with Crippen molar-refractivity contribution in [1.82, 2.24) is 0 Å². The SMILES string of the molecule is CCOC(=O)CCCc1ccc(CCCN)cc1. The molecule has 0 aliphatic carbocycles. The summed E-state index contributed by atoms with van der Waals surface area (Å²) in [6.45, 7) is 3.04. The summed E-state index contributed by atoms with van der Waals surface area (Å²) in [5, 5.41) is 0. The first kappa shape index (κ1) is 14.7. The zero-order chi connectivity index (χ0) is 13.2. The molecule has 0 saturated heterocycles. The largest absolute Gasteiger partial charge is 0.466 e. The van der Waals surface area contributed by atoms with Crippen LogP contribution < -0.4 is 5.73 Å². The molecule has 0 amide bonds. The molecule has 1 aromatic carbocycles. The van der Waals surface area contributed by atoms with Crippen molar-refractivity contribution in [2.24, 2.45) is 5.73 Å². The Kier molecular flexibility index (Phi) is 7.11. The van der Waals surface area contributed by atoms with Crippen molar-refractivity contribution in [3.8, 4) is 0 Å². The van der Waals surface area contributed by atoms with Crippen molar-refractivity contribution < 1.29 is 9.53 Å². The van der Waals surface area contributed by atoms with Crippen LogP contribution in [0.4, 0.5) is 0 Å². The molecule has 0 unspecified atom stereocenters. The molecule has 0 radical (unpaired) electrons. The number of ether oxygens (including phenoxy) is 1. The number of esters is 1. The first-order valence-electron chi connectivity index (χ1n) is 6.69. The molecule has 0 aliphatic heterocycles. The molecular weight excluding hydrogens is 226 g/mol. The van der Waals surface area contributed by atoms with E-state index < -0.39 is 0 Å². The summed E-state index contributed by atoms with van der Waals surface area (Å²) in [4.78, 5) is 11.2. The quantitative estimate of drug-likeness (QED) is 0.720. The molecule has 0 saturated carbocycles. The molecule has 0 atom stereocenters. The van der Waals surface area contributed by atoms with Gasteiger partial charge in [-0.05, 0) is 50.3 Å². The average molecular weight is 249 g/mol. The molecule has 1 aromatic rings. The smallest absolute Gasteiger partial charge is 0.305 e.